The van der Waals surface area contributed by atoms with Gasteiger partial charge in [-0.3, -0.25) is 14.9 Å². The third kappa shape index (κ3) is 5.10. The van der Waals surface area contributed by atoms with E-state index >= 15 is 0 Å². The second-order valence-electron chi connectivity index (χ2n) is 7.96. The van der Waals surface area contributed by atoms with Crippen LogP contribution in [-0.2, 0) is 9.47 Å². The number of carbonyl (C=O) groups is 2. The molecule has 0 aliphatic carbocycles. The number of amides is 1. The molecule has 3 rings (SSSR count). The summed E-state index contributed by atoms with van der Waals surface area (Å²) in [7, 11) is 0. The minimum Gasteiger partial charge on any atom is -0.462 e. The van der Waals surface area contributed by atoms with Crippen LogP contribution in [0.3, 0.4) is 0 Å². The third-order valence-electron chi connectivity index (χ3n) is 4.56. The molecule has 29 heavy (non-hydrogen) atoms. The molecule has 7 heteroatoms. The number of carbonyl (C=O) groups excluding carboxylic acids is 2. The molecule has 0 radical (unpaired) electrons. The standard InChI is InChI=1S/C22H27N3O4/c1-5-28-20(26)16-9-6-8-15(12-16)17-13-24-18(14-23-17)19-10-7-11-25(19)21(27)29-22(2,3)4/h6,8-9,12-14,19H,5,7,10-11H2,1-4H3. The number of hydrogen-bond donors (Lipinski definition) is 0. The molecule has 0 spiro atoms. The van der Waals surface area contributed by atoms with E-state index in [0.29, 0.717) is 24.4 Å². The first kappa shape index (κ1) is 20.8. The summed E-state index contributed by atoms with van der Waals surface area (Å²) in [5, 5.41) is 0. The molecular formula is C22H27N3O4. The molecule has 1 aromatic carbocycles. The third-order valence-corrected chi connectivity index (χ3v) is 4.56. The van der Waals surface area contributed by atoms with Gasteiger partial charge in [0.25, 0.3) is 0 Å². The van der Waals surface area contributed by atoms with Crippen molar-refractivity contribution in [1.82, 2.24) is 14.9 Å². The van der Waals surface area contributed by atoms with Gasteiger partial charge in [0.05, 0.1) is 42.0 Å². The summed E-state index contributed by atoms with van der Waals surface area (Å²) in [6.45, 7) is 8.31. The van der Waals surface area contributed by atoms with E-state index < -0.39 is 5.60 Å². The summed E-state index contributed by atoms with van der Waals surface area (Å²) in [4.78, 5) is 35.2. The summed E-state index contributed by atoms with van der Waals surface area (Å²) in [5.41, 5.74) is 2.11. The minimum absolute atomic E-state index is 0.141. The van der Waals surface area contributed by atoms with E-state index in [1.807, 2.05) is 26.8 Å². The Balaban J connectivity index is 1.77. The van der Waals surface area contributed by atoms with Crippen LogP contribution in [0, 0.1) is 0 Å². The van der Waals surface area contributed by atoms with Gasteiger partial charge in [-0.05, 0) is 52.7 Å². The fourth-order valence-electron chi connectivity index (χ4n) is 3.29. The Morgan fingerprint density at radius 1 is 1.21 bits per heavy atom. The highest BCUT2D eigenvalue weighted by Crippen LogP contribution is 2.32. The number of rotatable bonds is 4. The van der Waals surface area contributed by atoms with Crippen LogP contribution in [0.4, 0.5) is 4.79 Å². The highest BCUT2D eigenvalue weighted by Gasteiger charge is 2.34. The lowest BCUT2D eigenvalue weighted by molar-refractivity contribution is 0.0221. The Morgan fingerprint density at radius 2 is 2.00 bits per heavy atom. The highest BCUT2D eigenvalue weighted by molar-refractivity contribution is 5.90. The Hall–Kier alpha value is -2.96. The molecule has 1 aliphatic rings. The summed E-state index contributed by atoms with van der Waals surface area (Å²) in [6.07, 6.45) is 4.76. The molecule has 1 fully saturated rings. The zero-order chi connectivity index (χ0) is 21.0. The molecule has 7 nitrogen and oxygen atoms in total. The summed E-state index contributed by atoms with van der Waals surface area (Å²) < 4.78 is 10.6. The Morgan fingerprint density at radius 3 is 2.66 bits per heavy atom. The fourth-order valence-corrected chi connectivity index (χ4v) is 3.29. The van der Waals surface area contributed by atoms with Crippen molar-refractivity contribution in [3.05, 3.63) is 47.9 Å². The van der Waals surface area contributed by atoms with Crippen molar-refractivity contribution in [3.63, 3.8) is 0 Å². The summed E-state index contributed by atoms with van der Waals surface area (Å²) >= 11 is 0. The second kappa shape index (κ2) is 8.59. The van der Waals surface area contributed by atoms with E-state index in [0.717, 1.165) is 24.1 Å². The average Bonchev–Trinajstić information content (AvgIpc) is 3.17. The molecule has 0 saturated carbocycles. The molecule has 1 atom stereocenters. The number of hydrogen-bond acceptors (Lipinski definition) is 6. The van der Waals surface area contributed by atoms with Crippen molar-refractivity contribution in [3.8, 4) is 11.3 Å². The molecule has 1 aromatic heterocycles. The number of likely N-dealkylation sites (tertiary alicyclic amines) is 1. The number of ether oxygens (including phenoxy) is 2. The quantitative estimate of drug-likeness (QED) is 0.712. The second-order valence-corrected chi connectivity index (χ2v) is 7.96. The summed E-state index contributed by atoms with van der Waals surface area (Å²) in [5.74, 6) is -0.363. The molecule has 0 bridgehead atoms. The smallest absolute Gasteiger partial charge is 0.410 e. The number of aromatic nitrogens is 2. The molecule has 1 saturated heterocycles. The lowest BCUT2D eigenvalue weighted by atomic mass is 10.1. The van der Waals surface area contributed by atoms with Crippen molar-refractivity contribution < 1.29 is 19.1 Å². The first-order chi connectivity index (χ1) is 13.8. The monoisotopic (exact) mass is 397 g/mol. The maximum Gasteiger partial charge on any atom is 0.410 e. The fraction of sp³-hybridized carbons (Fsp3) is 0.455. The molecule has 2 heterocycles. The average molecular weight is 397 g/mol. The number of benzene rings is 1. The van der Waals surface area contributed by atoms with Gasteiger partial charge in [0.1, 0.15) is 5.60 Å². The van der Waals surface area contributed by atoms with Gasteiger partial charge < -0.3 is 9.47 Å². The minimum atomic E-state index is -0.538. The van der Waals surface area contributed by atoms with E-state index in [1.165, 1.54) is 0 Å². The van der Waals surface area contributed by atoms with Crippen molar-refractivity contribution in [2.45, 2.75) is 52.2 Å². The molecule has 0 N–H and O–H groups in total. The largest absolute Gasteiger partial charge is 0.462 e. The molecule has 2 aromatic rings. The van der Waals surface area contributed by atoms with Gasteiger partial charge in [-0.25, -0.2) is 9.59 Å². The zero-order valence-corrected chi connectivity index (χ0v) is 17.3. The van der Waals surface area contributed by atoms with E-state index in [4.69, 9.17) is 9.47 Å². The number of esters is 1. The highest BCUT2D eigenvalue weighted by atomic mass is 16.6. The van der Waals surface area contributed by atoms with E-state index in [1.54, 1.807) is 42.4 Å². The molecular weight excluding hydrogens is 370 g/mol. The Labute approximate surface area is 171 Å². The van der Waals surface area contributed by atoms with Crippen LogP contribution in [0.15, 0.2) is 36.7 Å². The van der Waals surface area contributed by atoms with E-state index in [2.05, 4.69) is 9.97 Å². The van der Waals surface area contributed by atoms with Gasteiger partial charge in [-0.15, -0.1) is 0 Å². The van der Waals surface area contributed by atoms with Gasteiger partial charge >= 0.3 is 12.1 Å². The van der Waals surface area contributed by atoms with Crippen LogP contribution in [0.1, 0.15) is 62.6 Å². The molecule has 1 amide bonds. The lowest BCUT2D eigenvalue weighted by Crippen LogP contribution is -2.36. The van der Waals surface area contributed by atoms with Crippen LogP contribution in [0.25, 0.3) is 11.3 Å². The predicted octanol–water partition coefficient (Wildman–Crippen LogP) is 4.39. The van der Waals surface area contributed by atoms with Crippen LogP contribution in [0.5, 0.6) is 0 Å². The van der Waals surface area contributed by atoms with Crippen molar-refractivity contribution in [1.29, 1.82) is 0 Å². The molecule has 1 aliphatic heterocycles. The lowest BCUT2D eigenvalue weighted by Gasteiger charge is -2.28. The molecule has 1 unspecified atom stereocenters. The zero-order valence-electron chi connectivity index (χ0n) is 17.3. The van der Waals surface area contributed by atoms with Crippen molar-refractivity contribution >= 4 is 12.1 Å². The van der Waals surface area contributed by atoms with Crippen LogP contribution < -0.4 is 0 Å². The maximum absolute atomic E-state index is 12.5. The van der Waals surface area contributed by atoms with Crippen molar-refractivity contribution in [2.24, 2.45) is 0 Å². The SMILES string of the molecule is CCOC(=O)c1cccc(-c2cnc(C3CCCN3C(=O)OC(C)(C)C)cn2)c1. The van der Waals surface area contributed by atoms with Crippen LogP contribution in [0.2, 0.25) is 0 Å². The van der Waals surface area contributed by atoms with Gasteiger partial charge in [0.2, 0.25) is 0 Å². The van der Waals surface area contributed by atoms with Gasteiger partial charge in [0.15, 0.2) is 0 Å². The van der Waals surface area contributed by atoms with Gasteiger partial charge in [-0.1, -0.05) is 12.1 Å². The first-order valence-electron chi connectivity index (χ1n) is 9.87. The van der Waals surface area contributed by atoms with Gasteiger partial charge in [-0.2, -0.15) is 0 Å². The van der Waals surface area contributed by atoms with Crippen LogP contribution in [-0.4, -0.2) is 45.7 Å². The molecule has 154 valence electrons. The number of nitrogens with zero attached hydrogens (tertiary/aromatic N) is 3. The Bertz CT molecular complexity index is 874. The van der Waals surface area contributed by atoms with Crippen molar-refractivity contribution in [2.75, 3.05) is 13.2 Å². The van der Waals surface area contributed by atoms with Gasteiger partial charge in [0, 0.05) is 12.1 Å². The predicted molar refractivity (Wildman–Crippen MR) is 108 cm³/mol. The van der Waals surface area contributed by atoms with E-state index in [-0.39, 0.29) is 18.1 Å². The summed E-state index contributed by atoms with van der Waals surface area (Å²) in [6, 6.07) is 6.97. The van der Waals surface area contributed by atoms with E-state index in [9.17, 15) is 9.59 Å². The normalized spacial score (nSPS) is 16.6. The maximum atomic E-state index is 12.5. The van der Waals surface area contributed by atoms with Crippen LogP contribution >= 0.6 is 0 Å². The Kier molecular flexibility index (Phi) is 6.15. The first-order valence-corrected chi connectivity index (χ1v) is 9.87. The topological polar surface area (TPSA) is 81.6 Å².